The van der Waals surface area contributed by atoms with Crippen LogP contribution in [0.5, 0.6) is 0 Å². The second-order valence-corrected chi connectivity index (χ2v) is 5.99. The summed E-state index contributed by atoms with van der Waals surface area (Å²) >= 11 is 0. The van der Waals surface area contributed by atoms with Crippen molar-refractivity contribution < 1.29 is 18.7 Å². The molecule has 1 N–H and O–H groups in total. The molecular weight excluding hydrogens is 321 g/mol. The van der Waals surface area contributed by atoms with E-state index in [-0.39, 0.29) is 17.5 Å². The van der Waals surface area contributed by atoms with Gasteiger partial charge in [-0.3, -0.25) is 4.79 Å². The Kier molecular flexibility index (Phi) is 6.69. The van der Waals surface area contributed by atoms with Crippen molar-refractivity contribution in [3.8, 4) is 0 Å². The van der Waals surface area contributed by atoms with Crippen LogP contribution in [-0.2, 0) is 16.0 Å². The Hall–Kier alpha value is -2.69. The van der Waals surface area contributed by atoms with E-state index in [1.165, 1.54) is 30.7 Å². The molecule has 25 heavy (non-hydrogen) atoms. The van der Waals surface area contributed by atoms with Crippen molar-refractivity contribution in [3.05, 3.63) is 71.5 Å². The Labute approximate surface area is 147 Å². The predicted octanol–water partition coefficient (Wildman–Crippen LogP) is 3.51. The summed E-state index contributed by atoms with van der Waals surface area (Å²) in [6.45, 7) is 3.40. The van der Waals surface area contributed by atoms with Crippen LogP contribution in [0.15, 0.2) is 54.6 Å². The second kappa shape index (κ2) is 8.97. The Balaban J connectivity index is 1.80. The van der Waals surface area contributed by atoms with Crippen molar-refractivity contribution in [2.24, 2.45) is 0 Å². The van der Waals surface area contributed by atoms with Crippen LogP contribution in [-0.4, -0.2) is 24.0 Å². The fourth-order valence-corrected chi connectivity index (χ4v) is 2.36. The molecule has 5 heteroatoms. The lowest BCUT2D eigenvalue weighted by molar-refractivity contribution is -0.129. The van der Waals surface area contributed by atoms with Crippen molar-refractivity contribution >= 4 is 11.9 Å². The van der Waals surface area contributed by atoms with Gasteiger partial charge in [0.25, 0.3) is 5.91 Å². The van der Waals surface area contributed by atoms with E-state index in [0.29, 0.717) is 0 Å². The van der Waals surface area contributed by atoms with Gasteiger partial charge in [0.2, 0.25) is 0 Å². The number of hydrogen-bond donors (Lipinski definition) is 1. The van der Waals surface area contributed by atoms with E-state index in [1.54, 1.807) is 0 Å². The highest BCUT2D eigenvalue weighted by Crippen LogP contribution is 2.08. The molecule has 2 aromatic rings. The zero-order valence-electron chi connectivity index (χ0n) is 14.4. The summed E-state index contributed by atoms with van der Waals surface area (Å²) in [6, 6.07) is 15.1. The van der Waals surface area contributed by atoms with E-state index in [4.69, 9.17) is 4.74 Å². The molecule has 0 aliphatic heterocycles. The summed E-state index contributed by atoms with van der Waals surface area (Å²) in [6.07, 6.45) is 0.676. The number of amides is 1. The summed E-state index contributed by atoms with van der Waals surface area (Å²) in [5, 5.41) is 2.83. The average Bonchev–Trinajstić information content (AvgIpc) is 2.60. The number of benzene rings is 2. The molecule has 0 bridgehead atoms. The molecule has 0 spiro atoms. The number of aryl methyl sites for hydroxylation is 1. The van der Waals surface area contributed by atoms with E-state index in [2.05, 4.69) is 5.32 Å². The molecule has 1 amide bonds. The molecule has 0 saturated carbocycles. The second-order valence-electron chi connectivity index (χ2n) is 5.99. The molecule has 2 aromatic carbocycles. The third-order valence-corrected chi connectivity index (χ3v) is 3.81. The van der Waals surface area contributed by atoms with Crippen molar-refractivity contribution in [2.45, 2.75) is 38.8 Å². The van der Waals surface area contributed by atoms with Gasteiger partial charge in [0.1, 0.15) is 5.82 Å². The van der Waals surface area contributed by atoms with Crippen molar-refractivity contribution in [2.75, 3.05) is 0 Å². The molecule has 2 rings (SSSR count). The van der Waals surface area contributed by atoms with Crippen LogP contribution < -0.4 is 5.32 Å². The highest BCUT2D eigenvalue weighted by atomic mass is 19.1. The van der Waals surface area contributed by atoms with E-state index in [1.807, 2.05) is 37.3 Å². The first-order chi connectivity index (χ1) is 12.0. The molecule has 0 radical (unpaired) electrons. The SMILES string of the molecule is C[C@H](CCc1ccccc1)NC(=O)[C@H](C)OC(=O)c1cccc(F)c1. The zero-order chi connectivity index (χ0) is 18.2. The van der Waals surface area contributed by atoms with Gasteiger partial charge < -0.3 is 10.1 Å². The quantitative estimate of drug-likeness (QED) is 0.783. The summed E-state index contributed by atoms with van der Waals surface area (Å²) in [5.74, 6) is -1.62. The van der Waals surface area contributed by atoms with Crippen molar-refractivity contribution in [1.29, 1.82) is 0 Å². The fraction of sp³-hybridized carbons (Fsp3) is 0.300. The first-order valence-electron chi connectivity index (χ1n) is 8.26. The Bertz CT molecular complexity index is 718. The number of carbonyl (C=O) groups is 2. The maximum atomic E-state index is 13.1. The monoisotopic (exact) mass is 343 g/mol. The average molecular weight is 343 g/mol. The van der Waals surface area contributed by atoms with Gasteiger partial charge in [0.05, 0.1) is 5.56 Å². The highest BCUT2D eigenvalue weighted by Gasteiger charge is 2.20. The Morgan fingerprint density at radius 1 is 1.08 bits per heavy atom. The van der Waals surface area contributed by atoms with Gasteiger partial charge in [0.15, 0.2) is 6.10 Å². The van der Waals surface area contributed by atoms with Crippen molar-refractivity contribution in [1.82, 2.24) is 5.32 Å². The van der Waals surface area contributed by atoms with Gasteiger partial charge in [-0.25, -0.2) is 9.18 Å². The number of hydrogen-bond acceptors (Lipinski definition) is 3. The molecule has 0 fully saturated rings. The normalized spacial score (nSPS) is 12.9. The van der Waals surface area contributed by atoms with Crippen LogP contribution in [0.2, 0.25) is 0 Å². The summed E-state index contributed by atoms with van der Waals surface area (Å²) < 4.78 is 18.2. The Morgan fingerprint density at radius 3 is 2.48 bits per heavy atom. The summed E-state index contributed by atoms with van der Waals surface area (Å²) in [7, 11) is 0. The van der Waals surface area contributed by atoms with E-state index >= 15 is 0 Å². The third kappa shape index (κ3) is 6.03. The maximum Gasteiger partial charge on any atom is 0.339 e. The smallest absolute Gasteiger partial charge is 0.339 e. The summed E-state index contributed by atoms with van der Waals surface area (Å²) in [5.41, 5.74) is 1.28. The first-order valence-corrected chi connectivity index (χ1v) is 8.26. The zero-order valence-corrected chi connectivity index (χ0v) is 14.4. The maximum absolute atomic E-state index is 13.1. The van der Waals surface area contributed by atoms with Crippen LogP contribution in [0, 0.1) is 5.82 Å². The van der Waals surface area contributed by atoms with Crippen LogP contribution in [0.4, 0.5) is 4.39 Å². The molecule has 0 aliphatic rings. The minimum absolute atomic E-state index is 0.0528. The topological polar surface area (TPSA) is 55.4 Å². The van der Waals surface area contributed by atoms with E-state index in [9.17, 15) is 14.0 Å². The van der Waals surface area contributed by atoms with Gasteiger partial charge >= 0.3 is 5.97 Å². The number of esters is 1. The van der Waals surface area contributed by atoms with E-state index in [0.717, 1.165) is 18.9 Å². The lowest BCUT2D eigenvalue weighted by Crippen LogP contribution is -2.41. The number of carbonyl (C=O) groups excluding carboxylic acids is 2. The predicted molar refractivity (Wildman–Crippen MR) is 93.6 cm³/mol. The number of ether oxygens (including phenoxy) is 1. The minimum Gasteiger partial charge on any atom is -0.449 e. The summed E-state index contributed by atoms with van der Waals surface area (Å²) in [4.78, 5) is 24.1. The number of nitrogens with one attached hydrogen (secondary N) is 1. The van der Waals surface area contributed by atoms with Gasteiger partial charge in [-0.15, -0.1) is 0 Å². The fourth-order valence-electron chi connectivity index (χ4n) is 2.36. The van der Waals surface area contributed by atoms with Crippen LogP contribution >= 0.6 is 0 Å². The minimum atomic E-state index is -0.949. The van der Waals surface area contributed by atoms with Crippen LogP contribution in [0.1, 0.15) is 36.2 Å². The standard InChI is InChI=1S/C20H22FNO3/c1-14(11-12-16-7-4-3-5-8-16)22-19(23)15(2)25-20(24)17-9-6-10-18(21)13-17/h3-10,13-15H,11-12H2,1-2H3,(H,22,23)/t14-,15+/m1/s1. The molecule has 4 nitrogen and oxygen atoms in total. The third-order valence-electron chi connectivity index (χ3n) is 3.81. The molecular formula is C20H22FNO3. The van der Waals surface area contributed by atoms with Crippen molar-refractivity contribution in [3.63, 3.8) is 0 Å². The number of rotatable bonds is 7. The lowest BCUT2D eigenvalue weighted by Gasteiger charge is -2.18. The molecule has 0 aromatic heterocycles. The van der Waals surface area contributed by atoms with Gasteiger partial charge in [-0.05, 0) is 50.5 Å². The van der Waals surface area contributed by atoms with Gasteiger partial charge in [-0.2, -0.15) is 0 Å². The first kappa shape index (κ1) is 18.6. The molecule has 2 atom stereocenters. The van der Waals surface area contributed by atoms with Gasteiger partial charge in [-0.1, -0.05) is 36.4 Å². The molecule has 0 aliphatic carbocycles. The molecule has 0 unspecified atom stereocenters. The Morgan fingerprint density at radius 2 is 1.80 bits per heavy atom. The van der Waals surface area contributed by atoms with Crippen LogP contribution in [0.25, 0.3) is 0 Å². The molecule has 0 heterocycles. The molecule has 132 valence electrons. The largest absolute Gasteiger partial charge is 0.449 e. The molecule has 0 saturated heterocycles. The lowest BCUT2D eigenvalue weighted by atomic mass is 10.1. The number of halogens is 1. The van der Waals surface area contributed by atoms with Gasteiger partial charge in [0, 0.05) is 6.04 Å². The van der Waals surface area contributed by atoms with Crippen LogP contribution in [0.3, 0.4) is 0 Å². The van der Waals surface area contributed by atoms with E-state index < -0.39 is 17.9 Å². The highest BCUT2D eigenvalue weighted by molar-refractivity contribution is 5.92.